The van der Waals surface area contributed by atoms with E-state index < -0.39 is 5.97 Å². The number of carboxylic acids is 1. The van der Waals surface area contributed by atoms with Crippen molar-refractivity contribution in [2.75, 3.05) is 0 Å². The van der Waals surface area contributed by atoms with Gasteiger partial charge in [-0.15, -0.1) is 0 Å². The smallest absolute Gasteiger partial charge is 0.311 e. The third-order valence-corrected chi connectivity index (χ3v) is 2.74. The molecule has 68 valence electrons. The van der Waals surface area contributed by atoms with Crippen molar-refractivity contribution in [2.24, 2.45) is 11.3 Å². The molecule has 1 rings (SSSR count). The van der Waals surface area contributed by atoms with E-state index in [0.29, 0.717) is 0 Å². The van der Waals surface area contributed by atoms with Crippen LogP contribution in [-0.2, 0) is 4.79 Å². The monoisotopic (exact) mass is 168 g/mol. The van der Waals surface area contributed by atoms with Crippen molar-refractivity contribution in [1.29, 1.82) is 0 Å². The molecule has 0 spiro atoms. The molecular weight excluding hydrogens is 152 g/mol. The molecule has 0 radical (unpaired) electrons. The summed E-state index contributed by atoms with van der Waals surface area (Å²) in [5.74, 6) is -0.973. The van der Waals surface area contributed by atoms with Crippen molar-refractivity contribution < 1.29 is 9.90 Å². The van der Waals surface area contributed by atoms with Crippen molar-refractivity contribution in [1.82, 2.24) is 0 Å². The van der Waals surface area contributed by atoms with E-state index in [-0.39, 0.29) is 11.3 Å². The molecule has 0 bridgehead atoms. The minimum Gasteiger partial charge on any atom is -0.481 e. The molecule has 0 aromatic heterocycles. The van der Waals surface area contributed by atoms with Crippen LogP contribution in [0.15, 0.2) is 11.6 Å². The van der Waals surface area contributed by atoms with Gasteiger partial charge in [-0.1, -0.05) is 25.5 Å². The van der Waals surface area contributed by atoms with E-state index in [1.807, 2.05) is 26.8 Å². The predicted molar refractivity (Wildman–Crippen MR) is 47.9 cm³/mol. The highest BCUT2D eigenvalue weighted by Gasteiger charge is 2.37. The zero-order chi connectivity index (χ0) is 9.35. The van der Waals surface area contributed by atoms with E-state index in [9.17, 15) is 4.79 Å². The van der Waals surface area contributed by atoms with Gasteiger partial charge in [-0.25, -0.2) is 0 Å². The van der Waals surface area contributed by atoms with Gasteiger partial charge >= 0.3 is 5.97 Å². The fourth-order valence-corrected chi connectivity index (χ4v) is 2.08. The van der Waals surface area contributed by atoms with Crippen molar-refractivity contribution in [3.8, 4) is 0 Å². The molecular formula is C10H16O2. The van der Waals surface area contributed by atoms with Crippen molar-refractivity contribution in [3.05, 3.63) is 11.6 Å². The summed E-state index contributed by atoms with van der Waals surface area (Å²) in [6.45, 7) is 5.98. The van der Waals surface area contributed by atoms with Gasteiger partial charge in [0.1, 0.15) is 0 Å². The van der Waals surface area contributed by atoms with Gasteiger partial charge in [0, 0.05) is 0 Å². The van der Waals surface area contributed by atoms with Gasteiger partial charge in [-0.3, -0.25) is 4.79 Å². The summed E-state index contributed by atoms with van der Waals surface area (Å²) in [6, 6.07) is 0. The SMILES string of the molecule is CC1=CCCC(C)(C)C1C(=O)O. The second-order valence-corrected chi connectivity index (χ2v) is 4.25. The molecule has 0 fully saturated rings. The fourth-order valence-electron chi connectivity index (χ4n) is 2.08. The van der Waals surface area contributed by atoms with Gasteiger partial charge in [0.15, 0.2) is 0 Å². The highest BCUT2D eigenvalue weighted by atomic mass is 16.4. The second kappa shape index (κ2) is 2.92. The zero-order valence-electron chi connectivity index (χ0n) is 7.92. The highest BCUT2D eigenvalue weighted by Crippen LogP contribution is 2.40. The molecule has 1 aliphatic rings. The molecule has 12 heavy (non-hydrogen) atoms. The molecule has 0 aliphatic heterocycles. The largest absolute Gasteiger partial charge is 0.481 e. The molecule has 2 nitrogen and oxygen atoms in total. The molecule has 1 atom stereocenters. The van der Waals surface area contributed by atoms with Crippen LogP contribution in [0.3, 0.4) is 0 Å². The standard InChI is InChI=1S/C10H16O2/c1-7-5-4-6-10(2,3)8(7)9(11)12/h5,8H,4,6H2,1-3H3,(H,11,12). The lowest BCUT2D eigenvalue weighted by Crippen LogP contribution is -2.33. The molecule has 1 N–H and O–H groups in total. The lowest BCUT2D eigenvalue weighted by Gasteiger charge is -2.35. The molecule has 0 amide bonds. The number of rotatable bonds is 1. The Hall–Kier alpha value is -0.790. The van der Waals surface area contributed by atoms with Crippen LogP contribution in [0.25, 0.3) is 0 Å². The molecule has 0 saturated carbocycles. The Morgan fingerprint density at radius 1 is 1.67 bits per heavy atom. The maximum atomic E-state index is 10.9. The third-order valence-electron chi connectivity index (χ3n) is 2.74. The Balaban J connectivity index is 2.96. The van der Waals surface area contributed by atoms with E-state index in [0.717, 1.165) is 18.4 Å². The molecule has 0 aromatic carbocycles. The first kappa shape index (κ1) is 9.30. The summed E-state index contributed by atoms with van der Waals surface area (Å²) < 4.78 is 0. The maximum Gasteiger partial charge on any atom is 0.311 e. The van der Waals surface area contributed by atoms with Crippen LogP contribution < -0.4 is 0 Å². The lowest BCUT2D eigenvalue weighted by molar-refractivity contribution is -0.144. The van der Waals surface area contributed by atoms with Gasteiger partial charge in [-0.2, -0.15) is 0 Å². The zero-order valence-corrected chi connectivity index (χ0v) is 7.92. The molecule has 2 heteroatoms. The molecule has 1 aliphatic carbocycles. The quantitative estimate of drug-likeness (QED) is 0.610. The Labute approximate surface area is 73.3 Å². The fraction of sp³-hybridized carbons (Fsp3) is 0.700. The number of carbonyl (C=O) groups is 1. The maximum absolute atomic E-state index is 10.9. The Morgan fingerprint density at radius 2 is 2.25 bits per heavy atom. The molecule has 1 unspecified atom stereocenters. The summed E-state index contributed by atoms with van der Waals surface area (Å²) in [6.07, 6.45) is 4.04. The number of aliphatic carboxylic acids is 1. The average Bonchev–Trinajstić information content (AvgIpc) is 1.82. The minimum atomic E-state index is -0.687. The third kappa shape index (κ3) is 1.52. The van der Waals surface area contributed by atoms with E-state index in [1.54, 1.807) is 0 Å². The topological polar surface area (TPSA) is 37.3 Å². The van der Waals surface area contributed by atoms with Crippen LogP contribution in [0.5, 0.6) is 0 Å². The van der Waals surface area contributed by atoms with Crippen LogP contribution in [0.4, 0.5) is 0 Å². The summed E-state index contributed by atoms with van der Waals surface area (Å²) >= 11 is 0. The van der Waals surface area contributed by atoms with Crippen molar-refractivity contribution in [3.63, 3.8) is 0 Å². The Kier molecular flexibility index (Phi) is 2.27. The van der Waals surface area contributed by atoms with E-state index in [4.69, 9.17) is 5.11 Å². The summed E-state index contributed by atoms with van der Waals surface area (Å²) in [4.78, 5) is 10.9. The highest BCUT2D eigenvalue weighted by molar-refractivity contribution is 5.74. The first-order chi connectivity index (χ1) is 5.45. The second-order valence-electron chi connectivity index (χ2n) is 4.25. The Bertz CT molecular complexity index is 226. The van der Waals surface area contributed by atoms with E-state index >= 15 is 0 Å². The first-order valence-electron chi connectivity index (χ1n) is 4.34. The van der Waals surface area contributed by atoms with Crippen LogP contribution in [-0.4, -0.2) is 11.1 Å². The predicted octanol–water partition coefficient (Wildman–Crippen LogP) is 2.45. The number of hydrogen-bond acceptors (Lipinski definition) is 1. The first-order valence-corrected chi connectivity index (χ1v) is 4.34. The lowest BCUT2D eigenvalue weighted by atomic mass is 9.69. The summed E-state index contributed by atoms with van der Waals surface area (Å²) in [7, 11) is 0. The summed E-state index contributed by atoms with van der Waals surface area (Å²) in [5.41, 5.74) is 0.934. The molecule has 0 saturated heterocycles. The van der Waals surface area contributed by atoms with Gasteiger partial charge in [0.2, 0.25) is 0 Å². The normalized spacial score (nSPS) is 27.9. The number of allylic oxidation sites excluding steroid dienone is 1. The van der Waals surface area contributed by atoms with Crippen LogP contribution in [0.2, 0.25) is 0 Å². The van der Waals surface area contributed by atoms with Gasteiger partial charge in [0.05, 0.1) is 5.92 Å². The summed E-state index contributed by atoms with van der Waals surface area (Å²) in [5, 5.41) is 9.00. The van der Waals surface area contributed by atoms with Gasteiger partial charge < -0.3 is 5.11 Å². The van der Waals surface area contributed by atoms with Crippen molar-refractivity contribution >= 4 is 5.97 Å². The van der Waals surface area contributed by atoms with E-state index in [2.05, 4.69) is 0 Å². The average molecular weight is 168 g/mol. The molecule has 0 aromatic rings. The minimum absolute atomic E-state index is 0.0787. The Morgan fingerprint density at radius 3 is 2.58 bits per heavy atom. The van der Waals surface area contributed by atoms with Crippen LogP contribution >= 0.6 is 0 Å². The van der Waals surface area contributed by atoms with Crippen molar-refractivity contribution in [2.45, 2.75) is 33.6 Å². The van der Waals surface area contributed by atoms with Crippen LogP contribution in [0, 0.1) is 11.3 Å². The number of hydrogen-bond donors (Lipinski definition) is 1. The number of carboxylic acid groups (broad SMARTS) is 1. The van der Waals surface area contributed by atoms with Gasteiger partial charge in [-0.05, 0) is 25.2 Å². The van der Waals surface area contributed by atoms with E-state index in [1.165, 1.54) is 0 Å². The molecule has 0 heterocycles. The van der Waals surface area contributed by atoms with Crippen LogP contribution in [0.1, 0.15) is 33.6 Å². The van der Waals surface area contributed by atoms with Gasteiger partial charge in [0.25, 0.3) is 0 Å².